The molecule has 0 rings (SSSR count). The van der Waals surface area contributed by atoms with Crippen LogP contribution >= 0.6 is 0 Å². The van der Waals surface area contributed by atoms with Crippen molar-refractivity contribution in [1.29, 1.82) is 5.26 Å². The number of amides is 2. The number of hydrogen-bond donors (Lipinski definition) is 2. The van der Waals surface area contributed by atoms with Crippen molar-refractivity contribution in [3.8, 4) is 6.07 Å². The fourth-order valence-electron chi connectivity index (χ4n) is 0.655. The summed E-state index contributed by atoms with van der Waals surface area (Å²) in [6.45, 7) is 1.97. The second kappa shape index (κ2) is 7.10. The summed E-state index contributed by atoms with van der Waals surface area (Å²) < 4.78 is 0. The lowest BCUT2D eigenvalue weighted by atomic mass is 10.2. The van der Waals surface area contributed by atoms with Crippen molar-refractivity contribution in [3.63, 3.8) is 0 Å². The van der Waals surface area contributed by atoms with E-state index < -0.39 is 5.91 Å². The van der Waals surface area contributed by atoms with Crippen LogP contribution in [-0.4, -0.2) is 11.8 Å². The van der Waals surface area contributed by atoms with E-state index in [1.54, 1.807) is 6.07 Å². The van der Waals surface area contributed by atoms with Gasteiger partial charge in [-0.25, -0.2) is 0 Å². The van der Waals surface area contributed by atoms with Crippen LogP contribution in [0, 0.1) is 11.3 Å². The monoisotopic (exact) mass is 183 g/mol. The van der Waals surface area contributed by atoms with Gasteiger partial charge in [-0.1, -0.05) is 13.3 Å². The van der Waals surface area contributed by atoms with E-state index in [0.29, 0.717) is 6.42 Å². The number of nitrogens with zero attached hydrogens (tertiary/aromatic N) is 1. The third-order valence-corrected chi connectivity index (χ3v) is 1.34. The maximum absolute atomic E-state index is 10.9. The summed E-state index contributed by atoms with van der Waals surface area (Å²) >= 11 is 0. The number of rotatable bonds is 4. The molecule has 0 radical (unpaired) electrons. The van der Waals surface area contributed by atoms with Gasteiger partial charge in [0, 0.05) is 6.42 Å². The first-order chi connectivity index (χ1) is 6.20. The molecule has 0 heterocycles. The van der Waals surface area contributed by atoms with E-state index in [1.165, 1.54) is 0 Å². The summed E-state index contributed by atoms with van der Waals surface area (Å²) in [5.41, 5.74) is 4.34. The van der Waals surface area contributed by atoms with Crippen LogP contribution < -0.4 is 10.9 Å². The fourth-order valence-corrected chi connectivity index (χ4v) is 0.655. The third-order valence-electron chi connectivity index (χ3n) is 1.34. The molecule has 0 spiro atoms. The van der Waals surface area contributed by atoms with Gasteiger partial charge in [0.15, 0.2) is 0 Å². The quantitative estimate of drug-likeness (QED) is 0.612. The van der Waals surface area contributed by atoms with Gasteiger partial charge in [-0.15, -0.1) is 0 Å². The molecule has 2 N–H and O–H groups in total. The first kappa shape index (κ1) is 11.4. The van der Waals surface area contributed by atoms with E-state index in [1.807, 2.05) is 6.92 Å². The zero-order valence-electron chi connectivity index (χ0n) is 7.59. The van der Waals surface area contributed by atoms with Gasteiger partial charge in [0.1, 0.15) is 6.42 Å². The van der Waals surface area contributed by atoms with Gasteiger partial charge in [-0.2, -0.15) is 5.26 Å². The molecule has 0 aliphatic heterocycles. The Kier molecular flexibility index (Phi) is 6.24. The molecule has 0 atom stereocenters. The lowest BCUT2D eigenvalue weighted by Gasteiger charge is -2.04. The van der Waals surface area contributed by atoms with Gasteiger partial charge in [-0.05, 0) is 6.42 Å². The number of nitrogens with one attached hydrogen (secondary N) is 2. The zero-order valence-corrected chi connectivity index (χ0v) is 7.59. The largest absolute Gasteiger partial charge is 0.273 e. The molecular formula is C8H13N3O2. The summed E-state index contributed by atoms with van der Waals surface area (Å²) in [6, 6.07) is 1.67. The van der Waals surface area contributed by atoms with Gasteiger partial charge in [0.25, 0.3) is 5.91 Å². The second-order valence-electron chi connectivity index (χ2n) is 2.53. The maximum atomic E-state index is 10.9. The minimum absolute atomic E-state index is 0.229. The van der Waals surface area contributed by atoms with Crippen molar-refractivity contribution in [1.82, 2.24) is 10.9 Å². The Morgan fingerprint density at radius 2 is 1.92 bits per heavy atom. The molecule has 0 saturated heterocycles. The van der Waals surface area contributed by atoms with Gasteiger partial charge in [-0.3, -0.25) is 20.4 Å². The van der Waals surface area contributed by atoms with Crippen molar-refractivity contribution in [2.24, 2.45) is 0 Å². The molecule has 0 aliphatic carbocycles. The molecule has 2 amide bonds. The van der Waals surface area contributed by atoms with Crippen molar-refractivity contribution < 1.29 is 9.59 Å². The van der Waals surface area contributed by atoms with Gasteiger partial charge in [0.05, 0.1) is 6.07 Å². The lowest BCUT2D eigenvalue weighted by Crippen LogP contribution is -2.41. The van der Waals surface area contributed by atoms with Crippen LogP contribution in [0.2, 0.25) is 0 Å². The van der Waals surface area contributed by atoms with E-state index >= 15 is 0 Å². The highest BCUT2D eigenvalue weighted by molar-refractivity contribution is 5.82. The van der Waals surface area contributed by atoms with Crippen LogP contribution in [0.5, 0.6) is 0 Å². The summed E-state index contributed by atoms with van der Waals surface area (Å²) in [6.07, 6.45) is 1.87. The third kappa shape index (κ3) is 6.81. The van der Waals surface area contributed by atoms with Crippen molar-refractivity contribution in [3.05, 3.63) is 0 Å². The van der Waals surface area contributed by atoms with Crippen LogP contribution in [0.3, 0.4) is 0 Å². The predicted octanol–water partition coefficient (Wildman–Crippen LogP) is 0.238. The molecule has 5 nitrogen and oxygen atoms in total. The molecule has 0 bridgehead atoms. The highest BCUT2D eigenvalue weighted by atomic mass is 16.2. The highest BCUT2D eigenvalue weighted by Crippen LogP contribution is 1.91. The fraction of sp³-hybridized carbons (Fsp3) is 0.625. The summed E-state index contributed by atoms with van der Waals surface area (Å²) in [5, 5.41) is 8.12. The Hall–Kier alpha value is -1.57. The molecular weight excluding hydrogens is 170 g/mol. The van der Waals surface area contributed by atoms with Crippen LogP contribution in [-0.2, 0) is 9.59 Å². The van der Waals surface area contributed by atoms with Crippen molar-refractivity contribution >= 4 is 11.8 Å². The number of carbonyl (C=O) groups is 2. The molecule has 5 heteroatoms. The molecule has 0 unspecified atom stereocenters. The van der Waals surface area contributed by atoms with Crippen LogP contribution in [0.1, 0.15) is 32.6 Å². The molecule has 0 aromatic heterocycles. The predicted molar refractivity (Wildman–Crippen MR) is 46.0 cm³/mol. The molecule has 0 fully saturated rings. The Bertz CT molecular complexity index is 220. The van der Waals surface area contributed by atoms with E-state index in [0.717, 1.165) is 12.8 Å². The van der Waals surface area contributed by atoms with Crippen LogP contribution in [0.15, 0.2) is 0 Å². The zero-order chi connectivity index (χ0) is 10.1. The van der Waals surface area contributed by atoms with E-state index in [9.17, 15) is 9.59 Å². The van der Waals surface area contributed by atoms with E-state index in [-0.39, 0.29) is 12.3 Å². The number of hydrogen-bond acceptors (Lipinski definition) is 3. The summed E-state index contributed by atoms with van der Waals surface area (Å²) in [5.74, 6) is -0.722. The summed E-state index contributed by atoms with van der Waals surface area (Å²) in [7, 11) is 0. The SMILES string of the molecule is CCCCC(=O)NNC(=O)CC#N. The summed E-state index contributed by atoms with van der Waals surface area (Å²) in [4.78, 5) is 21.6. The minimum Gasteiger partial charge on any atom is -0.273 e. The molecule has 13 heavy (non-hydrogen) atoms. The normalized spacial score (nSPS) is 8.62. The first-order valence-corrected chi connectivity index (χ1v) is 4.15. The number of nitriles is 1. The minimum atomic E-state index is -0.493. The van der Waals surface area contributed by atoms with Gasteiger partial charge in [0.2, 0.25) is 5.91 Å². The van der Waals surface area contributed by atoms with Crippen molar-refractivity contribution in [2.45, 2.75) is 32.6 Å². The Morgan fingerprint density at radius 1 is 1.31 bits per heavy atom. The molecule has 0 saturated carbocycles. The molecule has 0 aromatic rings. The van der Waals surface area contributed by atoms with Crippen LogP contribution in [0.4, 0.5) is 0 Å². The lowest BCUT2D eigenvalue weighted by molar-refractivity contribution is -0.128. The van der Waals surface area contributed by atoms with Gasteiger partial charge >= 0.3 is 0 Å². The number of unbranched alkanes of at least 4 members (excludes halogenated alkanes) is 1. The van der Waals surface area contributed by atoms with Crippen LogP contribution in [0.25, 0.3) is 0 Å². The second-order valence-corrected chi connectivity index (χ2v) is 2.53. The van der Waals surface area contributed by atoms with Crippen molar-refractivity contribution in [2.75, 3.05) is 0 Å². The standard InChI is InChI=1S/C8H13N3O2/c1-2-3-4-7(12)10-11-8(13)5-6-9/h2-5H2,1H3,(H,10,12)(H,11,13). The Labute approximate surface area is 77.1 Å². The smallest absolute Gasteiger partial charge is 0.252 e. The number of carbonyl (C=O) groups excluding carboxylic acids is 2. The Balaban J connectivity index is 3.47. The first-order valence-electron chi connectivity index (χ1n) is 4.15. The average molecular weight is 183 g/mol. The van der Waals surface area contributed by atoms with Gasteiger partial charge < -0.3 is 0 Å². The van der Waals surface area contributed by atoms with E-state index in [2.05, 4.69) is 10.9 Å². The molecule has 0 aliphatic rings. The van der Waals surface area contributed by atoms with E-state index in [4.69, 9.17) is 5.26 Å². The average Bonchev–Trinajstić information content (AvgIpc) is 2.12. The highest BCUT2D eigenvalue weighted by Gasteiger charge is 2.02. The molecule has 0 aromatic carbocycles. The Morgan fingerprint density at radius 3 is 2.46 bits per heavy atom. The number of hydrazine groups is 1. The molecule has 72 valence electrons. The topological polar surface area (TPSA) is 82.0 Å². The maximum Gasteiger partial charge on any atom is 0.252 e.